The van der Waals surface area contributed by atoms with Gasteiger partial charge in [-0.2, -0.15) is 0 Å². The predicted molar refractivity (Wildman–Crippen MR) is 261 cm³/mol. The van der Waals surface area contributed by atoms with Crippen molar-refractivity contribution >= 4 is 50.6 Å². The molecule has 0 atom stereocenters. The van der Waals surface area contributed by atoms with Gasteiger partial charge in [-0.05, 0) is 161 Å². The third-order valence-electron chi connectivity index (χ3n) is 15.5. The Morgan fingerprint density at radius 3 is 2.06 bits per heavy atom. The van der Waals surface area contributed by atoms with Crippen molar-refractivity contribution in [2.45, 2.75) is 70.1 Å². The van der Waals surface area contributed by atoms with Crippen molar-refractivity contribution in [1.29, 1.82) is 0 Å². The maximum Gasteiger partial charge on any atom is 0.139 e. The summed E-state index contributed by atoms with van der Waals surface area (Å²) in [4.78, 5) is 2.52. The first-order valence-corrected chi connectivity index (χ1v) is 22.9. The molecule has 8 aromatic rings. The Morgan fingerprint density at radius 2 is 1.29 bits per heavy atom. The predicted octanol–water partition coefficient (Wildman–Crippen LogP) is 16.6. The van der Waals surface area contributed by atoms with Crippen LogP contribution in [0.1, 0.15) is 92.7 Å². The Hall–Kier alpha value is -6.38. The number of allylic oxidation sites excluding steroid dienone is 1. The van der Waals surface area contributed by atoms with Gasteiger partial charge in [-0.1, -0.05) is 148 Å². The zero-order chi connectivity index (χ0) is 41.7. The molecular weight excluding hydrogens is 751 g/mol. The van der Waals surface area contributed by atoms with Gasteiger partial charge in [-0.3, -0.25) is 0 Å². The van der Waals surface area contributed by atoms with Gasteiger partial charge in [0, 0.05) is 33.1 Å². The van der Waals surface area contributed by atoms with Crippen LogP contribution in [-0.2, 0) is 10.8 Å². The van der Waals surface area contributed by atoms with E-state index in [0.29, 0.717) is 0 Å². The van der Waals surface area contributed by atoms with Gasteiger partial charge in [0.2, 0.25) is 0 Å². The molecule has 2 heteroatoms. The molecule has 2 nitrogen and oxygen atoms in total. The van der Waals surface area contributed by atoms with Gasteiger partial charge in [0.25, 0.3) is 0 Å². The van der Waals surface area contributed by atoms with Crippen molar-refractivity contribution in [2.24, 2.45) is 17.8 Å². The molecule has 4 saturated carbocycles. The van der Waals surface area contributed by atoms with Crippen LogP contribution in [0.5, 0.6) is 0 Å². The first kappa shape index (κ1) is 37.4. The standard InChI is InChI=1S/C60H53NO/c1-5-41-18-13-22-47(56(41)46(6-2)42-16-8-7-9-17-42)43-19-12-20-44(33-43)61(54-27-15-23-49-48-21-10-11-25-52(48)59(3,4)57(49)54)45-28-29-55-51(34-45)50-24-14-26-53(58(50)62-55)60-35-38-30-39(36-60)32-40(31-38)37-60/h5-29,33-34,38-40H,1,30-32,35-37H2,2-4H3/b46-6-. The second kappa shape index (κ2) is 14.1. The van der Waals surface area contributed by atoms with E-state index in [1.807, 2.05) is 6.08 Å². The molecule has 1 aromatic heterocycles. The van der Waals surface area contributed by atoms with Crippen molar-refractivity contribution < 1.29 is 4.42 Å². The number of furan rings is 1. The lowest BCUT2D eigenvalue weighted by Gasteiger charge is -2.57. The van der Waals surface area contributed by atoms with Crippen molar-refractivity contribution in [2.75, 3.05) is 4.90 Å². The summed E-state index contributed by atoms with van der Waals surface area (Å²) in [6.07, 6.45) is 12.5. The van der Waals surface area contributed by atoms with E-state index in [-0.39, 0.29) is 10.8 Å². The van der Waals surface area contributed by atoms with Crippen LogP contribution in [0.25, 0.3) is 55.8 Å². The quantitative estimate of drug-likeness (QED) is 0.152. The fraction of sp³-hybridized carbons (Fsp3) is 0.233. The SMILES string of the molecule is C=Cc1cccc(-c2cccc(N(c3ccc4oc5c(C67CC8CC(CC(C8)C6)C7)cccc5c4c3)c3cccc4c3C(C)(C)c3ccccc3-4)c2)c1/C(=C\C)c1ccccc1. The van der Waals surface area contributed by atoms with Crippen LogP contribution in [0, 0.1) is 17.8 Å². The third kappa shape index (κ3) is 5.61. The van der Waals surface area contributed by atoms with Crippen LogP contribution in [0.4, 0.5) is 17.1 Å². The molecule has 5 aliphatic carbocycles. The minimum atomic E-state index is -0.209. The van der Waals surface area contributed by atoms with Crippen LogP contribution in [0.2, 0.25) is 0 Å². The molecule has 0 aliphatic heterocycles. The van der Waals surface area contributed by atoms with E-state index >= 15 is 0 Å². The number of fused-ring (bicyclic) bond motifs is 6. The van der Waals surface area contributed by atoms with Crippen molar-refractivity contribution in [3.8, 4) is 22.3 Å². The second-order valence-corrected chi connectivity index (χ2v) is 19.5. The lowest BCUT2D eigenvalue weighted by Crippen LogP contribution is -2.48. The maximum absolute atomic E-state index is 7.02. The number of nitrogens with zero attached hydrogens (tertiary/aromatic N) is 1. The number of hydrogen-bond donors (Lipinski definition) is 0. The largest absolute Gasteiger partial charge is 0.456 e. The molecule has 13 rings (SSSR count). The zero-order valence-electron chi connectivity index (χ0n) is 36.1. The Kier molecular flexibility index (Phi) is 8.49. The second-order valence-electron chi connectivity index (χ2n) is 19.5. The molecule has 0 radical (unpaired) electrons. The van der Waals surface area contributed by atoms with Gasteiger partial charge >= 0.3 is 0 Å². The summed E-state index contributed by atoms with van der Waals surface area (Å²) in [7, 11) is 0. The van der Waals surface area contributed by atoms with E-state index in [4.69, 9.17) is 4.42 Å². The van der Waals surface area contributed by atoms with Gasteiger partial charge in [-0.25, -0.2) is 0 Å². The molecule has 0 saturated heterocycles. The van der Waals surface area contributed by atoms with Crippen LogP contribution in [0.15, 0.2) is 169 Å². The minimum Gasteiger partial charge on any atom is -0.456 e. The summed E-state index contributed by atoms with van der Waals surface area (Å²) < 4.78 is 7.02. The summed E-state index contributed by atoms with van der Waals surface area (Å²) in [6, 6.07) is 56.3. The highest BCUT2D eigenvalue weighted by Gasteiger charge is 2.52. The molecule has 0 spiro atoms. The van der Waals surface area contributed by atoms with Crippen LogP contribution in [-0.4, -0.2) is 0 Å². The number of hydrogen-bond acceptors (Lipinski definition) is 2. The van der Waals surface area contributed by atoms with Gasteiger partial charge in [0.1, 0.15) is 11.2 Å². The van der Waals surface area contributed by atoms with E-state index in [0.717, 1.165) is 51.4 Å². The zero-order valence-corrected chi connectivity index (χ0v) is 36.1. The van der Waals surface area contributed by atoms with Gasteiger partial charge < -0.3 is 9.32 Å². The number of anilines is 3. The fourth-order valence-corrected chi connectivity index (χ4v) is 13.4. The van der Waals surface area contributed by atoms with Crippen molar-refractivity contribution in [1.82, 2.24) is 0 Å². The number of rotatable bonds is 8. The van der Waals surface area contributed by atoms with Gasteiger partial charge in [0.05, 0.1) is 5.69 Å². The van der Waals surface area contributed by atoms with E-state index < -0.39 is 0 Å². The Labute approximate surface area is 366 Å². The molecule has 4 bridgehead atoms. The molecule has 1 heterocycles. The monoisotopic (exact) mass is 803 g/mol. The van der Waals surface area contributed by atoms with E-state index in [2.05, 4.69) is 190 Å². The molecule has 0 amide bonds. The Morgan fingerprint density at radius 1 is 0.629 bits per heavy atom. The normalized spacial score (nSPS) is 21.9. The highest BCUT2D eigenvalue weighted by Crippen LogP contribution is 2.62. The average Bonchev–Trinajstić information content (AvgIpc) is 3.78. The highest BCUT2D eigenvalue weighted by atomic mass is 16.3. The number of benzene rings is 7. The van der Waals surface area contributed by atoms with E-state index in [1.54, 1.807) is 0 Å². The molecule has 0 unspecified atom stereocenters. The van der Waals surface area contributed by atoms with Crippen molar-refractivity contribution in [3.63, 3.8) is 0 Å². The summed E-state index contributed by atoms with van der Waals surface area (Å²) in [5, 5.41) is 2.42. The molecule has 5 aliphatic rings. The van der Waals surface area contributed by atoms with Crippen molar-refractivity contribution in [3.05, 3.63) is 198 Å². The van der Waals surface area contributed by atoms with E-state index in [1.165, 1.54) is 105 Å². The van der Waals surface area contributed by atoms with Crippen LogP contribution in [0.3, 0.4) is 0 Å². The average molecular weight is 804 g/mol. The van der Waals surface area contributed by atoms with Crippen LogP contribution >= 0.6 is 0 Å². The summed E-state index contributed by atoms with van der Waals surface area (Å²) in [6.45, 7) is 11.2. The maximum atomic E-state index is 7.02. The molecule has 304 valence electrons. The first-order valence-electron chi connectivity index (χ1n) is 22.9. The fourth-order valence-electron chi connectivity index (χ4n) is 13.4. The minimum absolute atomic E-state index is 0.209. The Bertz CT molecular complexity index is 3090. The molecule has 62 heavy (non-hydrogen) atoms. The van der Waals surface area contributed by atoms with Gasteiger partial charge in [0.15, 0.2) is 0 Å². The van der Waals surface area contributed by atoms with E-state index in [9.17, 15) is 0 Å². The third-order valence-corrected chi connectivity index (χ3v) is 15.5. The molecule has 0 N–H and O–H groups in total. The smallest absolute Gasteiger partial charge is 0.139 e. The Balaban J connectivity index is 1.06. The lowest BCUT2D eigenvalue weighted by molar-refractivity contribution is -0.00485. The lowest BCUT2D eigenvalue weighted by atomic mass is 9.48. The van der Waals surface area contributed by atoms with Crippen LogP contribution < -0.4 is 4.90 Å². The highest BCUT2D eigenvalue weighted by molar-refractivity contribution is 6.08. The summed E-state index contributed by atoms with van der Waals surface area (Å²) in [5.74, 6) is 2.62. The number of para-hydroxylation sites is 1. The topological polar surface area (TPSA) is 16.4 Å². The first-order chi connectivity index (χ1) is 30.3. The molecule has 7 aromatic carbocycles. The van der Waals surface area contributed by atoms with Gasteiger partial charge in [-0.15, -0.1) is 0 Å². The summed E-state index contributed by atoms with van der Waals surface area (Å²) in [5.41, 5.74) is 19.4. The molecular formula is C60H53NO. The molecule has 4 fully saturated rings. The summed E-state index contributed by atoms with van der Waals surface area (Å²) >= 11 is 0.